The average Bonchev–Trinajstić information content (AvgIpc) is 3.63. The Labute approximate surface area is 227 Å². The Morgan fingerprint density at radius 3 is 2.48 bits per heavy atom. The Bertz CT molecular complexity index is 1550. The second-order valence-corrected chi connectivity index (χ2v) is 9.41. The van der Waals surface area contributed by atoms with Crippen molar-refractivity contribution in [2.45, 2.75) is 37.5 Å². The van der Waals surface area contributed by atoms with Crippen LogP contribution in [0.25, 0.3) is 17.1 Å². The fourth-order valence-electron chi connectivity index (χ4n) is 4.15. The summed E-state index contributed by atoms with van der Waals surface area (Å²) in [4.78, 5) is 42.7. The number of carbonyl (C=O) groups is 3. The Morgan fingerprint density at radius 1 is 0.975 bits per heavy atom. The van der Waals surface area contributed by atoms with Crippen molar-refractivity contribution >= 4 is 17.6 Å². The van der Waals surface area contributed by atoms with Crippen LogP contribution in [0.15, 0.2) is 85.2 Å². The number of ketones is 1. The average molecular weight is 548 g/mol. The minimum atomic E-state index is -4.50. The number of aromatic nitrogens is 3. The molecule has 0 radical (unpaired) electrons. The first-order chi connectivity index (χ1) is 19.2. The molecular formula is C29H24F3N5O3. The van der Waals surface area contributed by atoms with Gasteiger partial charge in [-0.05, 0) is 48.7 Å². The minimum Gasteiger partial charge on any atom is -0.347 e. The SMILES string of the molecule is O=C(CC(NC(=O)c1cccnc1-n1ccc(-c2cccc(C(F)(F)F)c2)n1)c1ccccc1)C(=O)NC1CC1. The quantitative estimate of drug-likeness (QED) is 0.297. The molecule has 2 amide bonds. The number of Topliss-reactive ketones (excluding diaryl/α,β-unsaturated/α-hetero) is 1. The standard InChI is InChI=1S/C29H24F3N5O3/c30-29(31,32)20-9-4-8-19(16-20)23-13-15-37(36-23)26-22(10-5-14-33-26)27(39)35-24(18-6-2-1-3-7-18)17-25(38)28(40)34-21-11-12-21/h1-10,13-16,21,24H,11-12,17H2,(H,34,40)(H,35,39). The van der Waals surface area contributed by atoms with Crippen LogP contribution in [0, 0.1) is 0 Å². The molecule has 1 fully saturated rings. The number of halogens is 3. The van der Waals surface area contributed by atoms with E-state index in [0.29, 0.717) is 5.56 Å². The highest BCUT2D eigenvalue weighted by Gasteiger charge is 2.31. The summed E-state index contributed by atoms with van der Waals surface area (Å²) in [6.45, 7) is 0. The topological polar surface area (TPSA) is 106 Å². The van der Waals surface area contributed by atoms with Gasteiger partial charge in [0.15, 0.2) is 5.82 Å². The van der Waals surface area contributed by atoms with Crippen molar-refractivity contribution in [2.75, 3.05) is 0 Å². The van der Waals surface area contributed by atoms with Crippen LogP contribution in [0.4, 0.5) is 13.2 Å². The van der Waals surface area contributed by atoms with Crippen LogP contribution in [0.2, 0.25) is 0 Å². The Morgan fingerprint density at radius 2 is 1.75 bits per heavy atom. The summed E-state index contributed by atoms with van der Waals surface area (Å²) in [6.07, 6.45) is -0.117. The van der Waals surface area contributed by atoms with Gasteiger partial charge < -0.3 is 10.6 Å². The van der Waals surface area contributed by atoms with Gasteiger partial charge in [-0.25, -0.2) is 9.67 Å². The third-order valence-corrected chi connectivity index (χ3v) is 6.39. The van der Waals surface area contributed by atoms with Gasteiger partial charge in [0, 0.05) is 30.4 Å². The molecule has 2 aromatic carbocycles. The normalized spacial score (nSPS) is 13.9. The number of hydrogen-bond acceptors (Lipinski definition) is 5. The summed E-state index contributed by atoms with van der Waals surface area (Å²) in [5.41, 5.74) is 0.474. The number of carbonyl (C=O) groups excluding carboxylic acids is 3. The second kappa shape index (κ2) is 11.1. The van der Waals surface area contributed by atoms with Gasteiger partial charge in [0.25, 0.3) is 11.8 Å². The Kier molecular flexibility index (Phi) is 7.45. The lowest BCUT2D eigenvalue weighted by atomic mass is 10.0. The van der Waals surface area contributed by atoms with Gasteiger partial charge >= 0.3 is 6.18 Å². The van der Waals surface area contributed by atoms with Crippen LogP contribution < -0.4 is 10.6 Å². The van der Waals surface area contributed by atoms with Gasteiger partial charge in [-0.15, -0.1) is 0 Å². The molecule has 1 saturated carbocycles. The number of hydrogen-bond donors (Lipinski definition) is 2. The van der Waals surface area contributed by atoms with Crippen molar-refractivity contribution in [1.82, 2.24) is 25.4 Å². The number of nitrogens with zero attached hydrogens (tertiary/aromatic N) is 3. The van der Waals surface area contributed by atoms with E-state index in [1.54, 1.807) is 36.4 Å². The summed E-state index contributed by atoms with van der Waals surface area (Å²) in [7, 11) is 0. The Balaban J connectivity index is 1.39. The van der Waals surface area contributed by atoms with Gasteiger partial charge in [0.05, 0.1) is 22.9 Å². The molecule has 2 heterocycles. The summed E-state index contributed by atoms with van der Waals surface area (Å²) < 4.78 is 40.8. The van der Waals surface area contributed by atoms with E-state index in [1.165, 1.54) is 41.3 Å². The molecule has 204 valence electrons. The lowest BCUT2D eigenvalue weighted by Crippen LogP contribution is -2.37. The minimum absolute atomic E-state index is 0.0223. The Hall–Kier alpha value is -4.80. The lowest BCUT2D eigenvalue weighted by Gasteiger charge is -2.19. The van der Waals surface area contributed by atoms with Crippen LogP contribution in [0.1, 0.15) is 46.8 Å². The number of benzene rings is 2. The van der Waals surface area contributed by atoms with E-state index in [2.05, 4.69) is 20.7 Å². The largest absolute Gasteiger partial charge is 0.416 e. The summed E-state index contributed by atoms with van der Waals surface area (Å²) >= 11 is 0. The van der Waals surface area contributed by atoms with E-state index in [-0.39, 0.29) is 35.1 Å². The van der Waals surface area contributed by atoms with Crippen LogP contribution in [-0.2, 0) is 15.8 Å². The first kappa shape index (κ1) is 26.8. The van der Waals surface area contributed by atoms with Crippen LogP contribution in [0.3, 0.4) is 0 Å². The zero-order valence-corrected chi connectivity index (χ0v) is 21.1. The van der Waals surface area contributed by atoms with Crippen molar-refractivity contribution in [2.24, 2.45) is 0 Å². The zero-order valence-electron chi connectivity index (χ0n) is 21.1. The monoisotopic (exact) mass is 547 g/mol. The molecule has 0 saturated heterocycles. The number of amides is 2. The van der Waals surface area contributed by atoms with Crippen molar-refractivity contribution in [1.29, 1.82) is 0 Å². The van der Waals surface area contributed by atoms with Crippen LogP contribution in [0.5, 0.6) is 0 Å². The van der Waals surface area contributed by atoms with E-state index in [0.717, 1.165) is 25.0 Å². The third-order valence-electron chi connectivity index (χ3n) is 6.39. The predicted octanol–water partition coefficient (Wildman–Crippen LogP) is 4.66. The van der Waals surface area contributed by atoms with Gasteiger partial charge in [0.1, 0.15) is 0 Å². The van der Waals surface area contributed by atoms with E-state index in [1.807, 2.05) is 0 Å². The highest BCUT2D eigenvalue weighted by atomic mass is 19.4. The summed E-state index contributed by atoms with van der Waals surface area (Å²) in [5, 5.41) is 9.86. The number of alkyl halides is 3. The van der Waals surface area contributed by atoms with Crippen LogP contribution >= 0.6 is 0 Å². The highest BCUT2D eigenvalue weighted by Crippen LogP contribution is 2.32. The van der Waals surface area contributed by atoms with Gasteiger partial charge in [-0.2, -0.15) is 18.3 Å². The van der Waals surface area contributed by atoms with Gasteiger partial charge in [-0.1, -0.05) is 42.5 Å². The molecule has 2 aromatic heterocycles. The molecule has 1 aliphatic rings. The molecule has 2 N–H and O–H groups in total. The van der Waals surface area contributed by atoms with Gasteiger partial charge in [-0.3, -0.25) is 14.4 Å². The number of rotatable bonds is 9. The fourth-order valence-corrected chi connectivity index (χ4v) is 4.15. The van der Waals surface area contributed by atoms with Gasteiger partial charge in [0.2, 0.25) is 5.78 Å². The maximum atomic E-state index is 13.5. The number of pyridine rings is 1. The van der Waals surface area contributed by atoms with Crippen molar-refractivity contribution in [3.63, 3.8) is 0 Å². The molecule has 1 unspecified atom stereocenters. The molecule has 40 heavy (non-hydrogen) atoms. The van der Waals surface area contributed by atoms with Crippen molar-refractivity contribution in [3.8, 4) is 17.1 Å². The summed E-state index contributed by atoms with van der Waals surface area (Å²) in [5.74, 6) is -1.75. The number of nitrogens with one attached hydrogen (secondary N) is 2. The molecule has 0 bridgehead atoms. The predicted molar refractivity (Wildman–Crippen MR) is 139 cm³/mol. The maximum Gasteiger partial charge on any atom is 0.416 e. The molecule has 1 atom stereocenters. The maximum absolute atomic E-state index is 13.5. The molecule has 5 rings (SSSR count). The first-order valence-corrected chi connectivity index (χ1v) is 12.6. The molecular weight excluding hydrogens is 523 g/mol. The lowest BCUT2D eigenvalue weighted by molar-refractivity contribution is -0.138. The zero-order chi connectivity index (χ0) is 28.3. The highest BCUT2D eigenvalue weighted by molar-refractivity contribution is 6.36. The molecule has 0 aliphatic heterocycles. The molecule has 4 aromatic rings. The van der Waals surface area contributed by atoms with E-state index in [9.17, 15) is 27.6 Å². The van der Waals surface area contributed by atoms with Crippen LogP contribution in [-0.4, -0.2) is 38.4 Å². The molecule has 11 heteroatoms. The first-order valence-electron chi connectivity index (χ1n) is 12.6. The van der Waals surface area contributed by atoms with Crippen molar-refractivity contribution in [3.05, 3.63) is 102 Å². The van der Waals surface area contributed by atoms with E-state index in [4.69, 9.17) is 0 Å². The third kappa shape index (κ3) is 6.25. The van der Waals surface area contributed by atoms with Crippen molar-refractivity contribution < 1.29 is 27.6 Å². The fraction of sp³-hybridized carbons (Fsp3) is 0.207. The molecule has 0 spiro atoms. The molecule has 1 aliphatic carbocycles. The summed E-state index contributed by atoms with van der Waals surface area (Å²) in [6, 6.07) is 17.4. The smallest absolute Gasteiger partial charge is 0.347 e. The molecule has 8 nitrogen and oxygen atoms in total. The van der Waals surface area contributed by atoms with E-state index >= 15 is 0 Å². The van der Waals surface area contributed by atoms with E-state index < -0.39 is 35.4 Å². The second-order valence-electron chi connectivity index (χ2n) is 9.41.